The van der Waals surface area contributed by atoms with Crippen LogP contribution in [0.2, 0.25) is 0 Å². The van der Waals surface area contributed by atoms with Gasteiger partial charge in [-0.05, 0) is 58.7 Å². The van der Waals surface area contributed by atoms with Gasteiger partial charge in [0.1, 0.15) is 5.69 Å². The average Bonchev–Trinajstić information content (AvgIpc) is 2.98. The van der Waals surface area contributed by atoms with Gasteiger partial charge in [-0.1, -0.05) is 0 Å². The van der Waals surface area contributed by atoms with E-state index < -0.39 is 0 Å². The SMILES string of the molecule is CC(C)n1nccc1-c1cnc(CC2CCCN(C)C2)cn1. The predicted octanol–water partition coefficient (Wildman–Crippen LogP) is 2.81. The first-order chi connectivity index (χ1) is 10.6. The van der Waals surface area contributed by atoms with Gasteiger partial charge in [0.15, 0.2) is 0 Å². The first kappa shape index (κ1) is 15.2. The standard InChI is InChI=1S/C17H25N5/c1-13(2)22-17(6-7-20-22)16-11-18-15(10-19-16)9-14-5-4-8-21(3)12-14/h6-7,10-11,13-14H,4-5,8-9,12H2,1-3H3. The molecule has 0 radical (unpaired) electrons. The number of rotatable bonds is 4. The molecule has 0 aliphatic carbocycles. The summed E-state index contributed by atoms with van der Waals surface area (Å²) in [6, 6.07) is 2.32. The van der Waals surface area contributed by atoms with Crippen molar-refractivity contribution in [2.75, 3.05) is 20.1 Å². The van der Waals surface area contributed by atoms with Crippen molar-refractivity contribution < 1.29 is 0 Å². The highest BCUT2D eigenvalue weighted by molar-refractivity contribution is 5.52. The summed E-state index contributed by atoms with van der Waals surface area (Å²) < 4.78 is 1.99. The zero-order valence-electron chi connectivity index (χ0n) is 13.7. The molecule has 2 aromatic rings. The van der Waals surface area contributed by atoms with Crippen LogP contribution >= 0.6 is 0 Å². The van der Waals surface area contributed by atoms with Crippen LogP contribution in [0.3, 0.4) is 0 Å². The van der Waals surface area contributed by atoms with Gasteiger partial charge >= 0.3 is 0 Å². The van der Waals surface area contributed by atoms with Gasteiger partial charge in [0, 0.05) is 25.0 Å². The van der Waals surface area contributed by atoms with E-state index in [9.17, 15) is 0 Å². The Morgan fingerprint density at radius 3 is 2.82 bits per heavy atom. The van der Waals surface area contributed by atoms with Crippen LogP contribution in [0.5, 0.6) is 0 Å². The maximum absolute atomic E-state index is 4.63. The molecule has 0 spiro atoms. The molecule has 5 nitrogen and oxygen atoms in total. The van der Waals surface area contributed by atoms with Crippen molar-refractivity contribution in [1.82, 2.24) is 24.6 Å². The number of likely N-dealkylation sites (tertiary alicyclic amines) is 1. The Hall–Kier alpha value is -1.75. The zero-order chi connectivity index (χ0) is 15.5. The Labute approximate surface area is 132 Å². The second kappa shape index (κ2) is 6.57. The fourth-order valence-corrected chi connectivity index (χ4v) is 3.26. The average molecular weight is 299 g/mol. The van der Waals surface area contributed by atoms with E-state index in [0.717, 1.165) is 23.5 Å². The van der Waals surface area contributed by atoms with E-state index in [4.69, 9.17) is 0 Å². The lowest BCUT2D eigenvalue weighted by molar-refractivity contribution is 0.208. The van der Waals surface area contributed by atoms with Gasteiger partial charge < -0.3 is 4.90 Å². The molecule has 3 heterocycles. The van der Waals surface area contributed by atoms with Gasteiger partial charge in [0.2, 0.25) is 0 Å². The third-order valence-corrected chi connectivity index (χ3v) is 4.35. The summed E-state index contributed by atoms with van der Waals surface area (Å²) in [5.41, 5.74) is 3.03. The lowest BCUT2D eigenvalue weighted by Gasteiger charge is -2.29. The number of aromatic nitrogens is 4. The monoisotopic (exact) mass is 299 g/mol. The minimum absolute atomic E-state index is 0.323. The minimum Gasteiger partial charge on any atom is -0.306 e. The molecule has 22 heavy (non-hydrogen) atoms. The van der Waals surface area contributed by atoms with E-state index in [1.165, 1.54) is 25.9 Å². The van der Waals surface area contributed by atoms with E-state index >= 15 is 0 Å². The number of hydrogen-bond donors (Lipinski definition) is 0. The molecule has 3 rings (SSSR count). The largest absolute Gasteiger partial charge is 0.306 e. The van der Waals surface area contributed by atoms with Crippen LogP contribution in [-0.4, -0.2) is 44.8 Å². The van der Waals surface area contributed by atoms with Crippen molar-refractivity contribution in [3.63, 3.8) is 0 Å². The predicted molar refractivity (Wildman–Crippen MR) is 87.6 cm³/mol. The van der Waals surface area contributed by atoms with Crippen molar-refractivity contribution in [3.05, 3.63) is 30.4 Å². The Kier molecular flexibility index (Phi) is 4.52. The van der Waals surface area contributed by atoms with Gasteiger partial charge in [-0.25, -0.2) is 0 Å². The lowest BCUT2D eigenvalue weighted by Crippen LogP contribution is -2.33. The molecule has 0 N–H and O–H groups in total. The molecule has 0 saturated carbocycles. The topological polar surface area (TPSA) is 46.8 Å². The Balaban J connectivity index is 1.71. The summed E-state index contributed by atoms with van der Waals surface area (Å²) in [6.45, 7) is 6.64. The molecule has 118 valence electrons. The minimum atomic E-state index is 0.323. The van der Waals surface area contributed by atoms with Crippen molar-refractivity contribution in [3.8, 4) is 11.4 Å². The summed E-state index contributed by atoms with van der Waals surface area (Å²) in [5.74, 6) is 0.708. The third-order valence-electron chi connectivity index (χ3n) is 4.35. The maximum atomic E-state index is 4.63. The van der Waals surface area contributed by atoms with Crippen LogP contribution in [-0.2, 0) is 6.42 Å². The van der Waals surface area contributed by atoms with E-state index in [1.54, 1.807) is 0 Å². The fourth-order valence-electron chi connectivity index (χ4n) is 3.26. The number of piperidine rings is 1. The summed E-state index contributed by atoms with van der Waals surface area (Å²) in [6.07, 6.45) is 9.26. The third kappa shape index (κ3) is 3.35. The number of hydrogen-bond acceptors (Lipinski definition) is 4. The quantitative estimate of drug-likeness (QED) is 0.871. The Morgan fingerprint density at radius 1 is 1.27 bits per heavy atom. The molecule has 0 aromatic carbocycles. The molecule has 1 aliphatic heterocycles. The van der Waals surface area contributed by atoms with Crippen molar-refractivity contribution in [2.24, 2.45) is 5.92 Å². The van der Waals surface area contributed by atoms with E-state index in [0.29, 0.717) is 12.0 Å². The first-order valence-electron chi connectivity index (χ1n) is 8.17. The van der Waals surface area contributed by atoms with Crippen LogP contribution in [0.15, 0.2) is 24.7 Å². The number of nitrogens with zero attached hydrogens (tertiary/aromatic N) is 5. The smallest absolute Gasteiger partial charge is 0.107 e. The molecule has 2 aromatic heterocycles. The fraction of sp³-hybridized carbons (Fsp3) is 0.588. The second-order valence-electron chi connectivity index (χ2n) is 6.62. The molecule has 5 heteroatoms. The summed E-state index contributed by atoms with van der Waals surface area (Å²) in [7, 11) is 2.20. The normalized spacial score (nSPS) is 19.7. The van der Waals surface area contributed by atoms with Crippen LogP contribution in [0.1, 0.15) is 38.4 Å². The molecule has 0 amide bonds. The molecule has 1 saturated heterocycles. The molecular formula is C17H25N5. The van der Waals surface area contributed by atoms with E-state index in [1.807, 2.05) is 29.3 Å². The highest BCUT2D eigenvalue weighted by atomic mass is 15.3. The van der Waals surface area contributed by atoms with Gasteiger partial charge in [0.25, 0.3) is 0 Å². The Morgan fingerprint density at radius 2 is 2.14 bits per heavy atom. The molecular weight excluding hydrogens is 274 g/mol. The Bertz CT molecular complexity index is 602. The highest BCUT2D eigenvalue weighted by Crippen LogP contribution is 2.21. The van der Waals surface area contributed by atoms with Crippen molar-refractivity contribution in [1.29, 1.82) is 0 Å². The molecule has 1 atom stereocenters. The van der Waals surface area contributed by atoms with Crippen molar-refractivity contribution in [2.45, 2.75) is 39.2 Å². The first-order valence-corrected chi connectivity index (χ1v) is 8.17. The summed E-state index contributed by atoms with van der Waals surface area (Å²) in [4.78, 5) is 11.7. The van der Waals surface area contributed by atoms with Crippen LogP contribution in [0.4, 0.5) is 0 Å². The summed E-state index contributed by atoms with van der Waals surface area (Å²) >= 11 is 0. The molecule has 1 fully saturated rings. The van der Waals surface area contributed by atoms with E-state index in [2.05, 4.69) is 40.9 Å². The van der Waals surface area contributed by atoms with Crippen LogP contribution in [0.25, 0.3) is 11.4 Å². The lowest BCUT2D eigenvalue weighted by atomic mass is 9.94. The molecule has 1 aliphatic rings. The highest BCUT2D eigenvalue weighted by Gasteiger charge is 2.18. The van der Waals surface area contributed by atoms with Crippen LogP contribution < -0.4 is 0 Å². The van der Waals surface area contributed by atoms with Gasteiger partial charge in [-0.2, -0.15) is 5.10 Å². The zero-order valence-corrected chi connectivity index (χ0v) is 13.7. The second-order valence-corrected chi connectivity index (χ2v) is 6.62. The van der Waals surface area contributed by atoms with Crippen LogP contribution in [0, 0.1) is 5.92 Å². The van der Waals surface area contributed by atoms with Gasteiger partial charge in [0.05, 0.1) is 17.6 Å². The molecule has 0 bridgehead atoms. The van der Waals surface area contributed by atoms with Crippen molar-refractivity contribution >= 4 is 0 Å². The van der Waals surface area contributed by atoms with Gasteiger partial charge in [-0.15, -0.1) is 0 Å². The van der Waals surface area contributed by atoms with Gasteiger partial charge in [-0.3, -0.25) is 14.6 Å². The van der Waals surface area contributed by atoms with E-state index in [-0.39, 0.29) is 0 Å². The maximum Gasteiger partial charge on any atom is 0.107 e. The molecule has 1 unspecified atom stereocenters. The summed E-state index contributed by atoms with van der Waals surface area (Å²) in [5, 5.41) is 4.36.